The third-order valence-corrected chi connectivity index (χ3v) is 7.05. The van der Waals surface area contributed by atoms with E-state index in [9.17, 15) is 13.2 Å². The molecule has 4 rings (SSSR count). The lowest BCUT2D eigenvalue weighted by Crippen LogP contribution is -2.48. The number of ether oxygens (including phenoxy) is 1. The van der Waals surface area contributed by atoms with Gasteiger partial charge in [0.15, 0.2) is 5.76 Å². The zero-order valence-electron chi connectivity index (χ0n) is 17.6. The average molecular weight is 449 g/mol. The average Bonchev–Trinajstić information content (AvgIpc) is 3.44. The summed E-state index contributed by atoms with van der Waals surface area (Å²) in [6, 6.07) is 8.13. The van der Waals surface area contributed by atoms with Crippen molar-refractivity contribution in [2.75, 3.05) is 39.3 Å². The van der Waals surface area contributed by atoms with Crippen molar-refractivity contribution in [3.63, 3.8) is 0 Å². The van der Waals surface area contributed by atoms with E-state index in [2.05, 4.69) is 14.8 Å². The molecule has 0 bridgehead atoms. The highest BCUT2D eigenvalue weighted by atomic mass is 32.2. The molecule has 0 saturated carbocycles. The number of hydrogen-bond acceptors (Lipinski definition) is 7. The Labute approximate surface area is 182 Å². The molecular formula is C21H28N4O5S. The summed E-state index contributed by atoms with van der Waals surface area (Å²) in [6.45, 7) is 6.02. The van der Waals surface area contributed by atoms with Crippen LogP contribution in [0.25, 0.3) is 0 Å². The fourth-order valence-electron chi connectivity index (χ4n) is 3.89. The largest absolute Gasteiger partial charge is 0.377 e. The Morgan fingerprint density at radius 2 is 2.03 bits per heavy atom. The molecule has 168 valence electrons. The third kappa shape index (κ3) is 5.51. The SMILES string of the molecule is Cc1cc(CN2CCN(C(=O)c3cccc(S(=O)(=O)NC[C@H]4CCCO4)c3)CC2)on1. The van der Waals surface area contributed by atoms with Gasteiger partial charge in [0, 0.05) is 51.0 Å². The van der Waals surface area contributed by atoms with Gasteiger partial charge >= 0.3 is 0 Å². The van der Waals surface area contributed by atoms with Crippen LogP contribution in [0.4, 0.5) is 0 Å². The van der Waals surface area contributed by atoms with Gasteiger partial charge in [-0.3, -0.25) is 9.69 Å². The summed E-state index contributed by atoms with van der Waals surface area (Å²) in [5.41, 5.74) is 1.23. The monoisotopic (exact) mass is 448 g/mol. The van der Waals surface area contributed by atoms with E-state index < -0.39 is 10.0 Å². The van der Waals surface area contributed by atoms with E-state index in [1.807, 2.05) is 13.0 Å². The molecule has 0 unspecified atom stereocenters. The van der Waals surface area contributed by atoms with E-state index in [0.29, 0.717) is 44.9 Å². The molecule has 9 nitrogen and oxygen atoms in total. The van der Waals surface area contributed by atoms with Crippen molar-refractivity contribution in [3.05, 3.63) is 47.3 Å². The van der Waals surface area contributed by atoms with E-state index in [0.717, 1.165) is 24.3 Å². The Morgan fingerprint density at radius 3 is 2.71 bits per heavy atom. The van der Waals surface area contributed by atoms with Crippen LogP contribution >= 0.6 is 0 Å². The van der Waals surface area contributed by atoms with Crippen molar-refractivity contribution in [1.29, 1.82) is 0 Å². The zero-order valence-corrected chi connectivity index (χ0v) is 18.4. The summed E-state index contributed by atoms with van der Waals surface area (Å²) in [5, 5.41) is 3.90. The minimum absolute atomic E-state index is 0.0863. The van der Waals surface area contributed by atoms with Crippen molar-refractivity contribution in [2.24, 2.45) is 0 Å². The first kappa shape index (κ1) is 21.9. The van der Waals surface area contributed by atoms with E-state index >= 15 is 0 Å². The highest BCUT2D eigenvalue weighted by Gasteiger charge is 2.25. The Balaban J connectivity index is 1.34. The number of nitrogens with zero attached hydrogens (tertiary/aromatic N) is 3. The number of aryl methyl sites for hydroxylation is 1. The molecule has 2 fully saturated rings. The van der Waals surface area contributed by atoms with Crippen molar-refractivity contribution < 1.29 is 22.5 Å². The van der Waals surface area contributed by atoms with Gasteiger partial charge in [-0.25, -0.2) is 13.1 Å². The zero-order chi connectivity index (χ0) is 21.8. The minimum atomic E-state index is -3.70. The normalized spacial score (nSPS) is 20.3. The standard InChI is InChI=1S/C21H28N4O5S/c1-16-12-19(30-23-16)15-24-7-9-25(10-8-24)21(26)17-4-2-6-20(13-17)31(27,28)22-14-18-5-3-11-29-18/h2,4,6,12-13,18,22H,3,5,7-11,14-15H2,1H3/t18-/m1/s1. The smallest absolute Gasteiger partial charge is 0.253 e. The van der Waals surface area contributed by atoms with Crippen LogP contribution in [0, 0.1) is 6.92 Å². The number of carbonyl (C=O) groups excluding carboxylic acids is 1. The van der Waals surface area contributed by atoms with Gasteiger partial charge in [-0.15, -0.1) is 0 Å². The Kier molecular flexibility index (Phi) is 6.71. The second-order valence-corrected chi connectivity index (χ2v) is 9.78. The first-order chi connectivity index (χ1) is 14.9. The summed E-state index contributed by atoms with van der Waals surface area (Å²) >= 11 is 0. The topological polar surface area (TPSA) is 105 Å². The molecule has 1 N–H and O–H groups in total. The number of aromatic nitrogens is 1. The van der Waals surface area contributed by atoms with Crippen LogP contribution in [0.1, 0.15) is 34.7 Å². The summed E-state index contributed by atoms with van der Waals surface area (Å²) in [4.78, 5) is 17.0. The highest BCUT2D eigenvalue weighted by molar-refractivity contribution is 7.89. The Hall–Kier alpha value is -2.27. The molecule has 2 saturated heterocycles. The molecule has 1 amide bonds. The van der Waals surface area contributed by atoms with Gasteiger partial charge in [-0.1, -0.05) is 11.2 Å². The number of carbonyl (C=O) groups is 1. The molecular weight excluding hydrogens is 420 g/mol. The van der Waals surface area contributed by atoms with Gasteiger partial charge in [0.1, 0.15) is 0 Å². The molecule has 0 radical (unpaired) electrons. The summed E-state index contributed by atoms with van der Waals surface area (Å²) < 4.78 is 38.6. The first-order valence-corrected chi connectivity index (χ1v) is 12.0. The minimum Gasteiger partial charge on any atom is -0.377 e. The lowest BCUT2D eigenvalue weighted by molar-refractivity contribution is 0.0617. The van der Waals surface area contributed by atoms with Gasteiger partial charge in [-0.2, -0.15) is 0 Å². The van der Waals surface area contributed by atoms with Crippen molar-refractivity contribution in [2.45, 2.75) is 37.3 Å². The maximum Gasteiger partial charge on any atom is 0.253 e. The molecule has 31 heavy (non-hydrogen) atoms. The van der Waals surface area contributed by atoms with E-state index in [-0.39, 0.29) is 23.5 Å². The van der Waals surface area contributed by atoms with Gasteiger partial charge in [0.05, 0.1) is 23.2 Å². The molecule has 2 aromatic rings. The van der Waals surface area contributed by atoms with Crippen LogP contribution in [-0.2, 0) is 21.3 Å². The molecule has 2 aliphatic rings. The lowest BCUT2D eigenvalue weighted by Gasteiger charge is -2.34. The number of sulfonamides is 1. The fourth-order valence-corrected chi connectivity index (χ4v) is 5.00. The second kappa shape index (κ2) is 9.47. The summed E-state index contributed by atoms with van der Waals surface area (Å²) in [6.07, 6.45) is 1.71. The number of hydrogen-bond donors (Lipinski definition) is 1. The van der Waals surface area contributed by atoms with E-state index in [1.54, 1.807) is 17.0 Å². The van der Waals surface area contributed by atoms with Crippen LogP contribution in [0.2, 0.25) is 0 Å². The van der Waals surface area contributed by atoms with Gasteiger partial charge in [0.25, 0.3) is 5.91 Å². The van der Waals surface area contributed by atoms with Crippen LogP contribution in [-0.4, -0.2) is 74.7 Å². The van der Waals surface area contributed by atoms with Gasteiger partial charge < -0.3 is 14.2 Å². The summed E-state index contributed by atoms with van der Waals surface area (Å²) in [7, 11) is -3.70. The fraction of sp³-hybridized carbons (Fsp3) is 0.524. The molecule has 2 aliphatic heterocycles. The number of piperazine rings is 1. The number of amides is 1. The Bertz CT molecular complexity index is 1010. The van der Waals surface area contributed by atoms with Crippen molar-refractivity contribution in [3.8, 4) is 0 Å². The van der Waals surface area contributed by atoms with E-state index in [1.165, 1.54) is 12.1 Å². The van der Waals surface area contributed by atoms with Crippen molar-refractivity contribution in [1.82, 2.24) is 19.7 Å². The van der Waals surface area contributed by atoms with Crippen LogP contribution in [0.15, 0.2) is 39.8 Å². The van der Waals surface area contributed by atoms with Crippen LogP contribution < -0.4 is 4.72 Å². The molecule has 0 spiro atoms. The maximum absolute atomic E-state index is 13.0. The molecule has 3 heterocycles. The molecule has 1 aromatic heterocycles. The lowest BCUT2D eigenvalue weighted by atomic mass is 10.2. The quantitative estimate of drug-likeness (QED) is 0.683. The maximum atomic E-state index is 13.0. The van der Waals surface area contributed by atoms with Gasteiger partial charge in [0.2, 0.25) is 10.0 Å². The van der Waals surface area contributed by atoms with Crippen LogP contribution in [0.3, 0.4) is 0 Å². The number of rotatable bonds is 7. The van der Waals surface area contributed by atoms with Crippen molar-refractivity contribution >= 4 is 15.9 Å². The third-order valence-electron chi connectivity index (χ3n) is 5.63. The van der Waals surface area contributed by atoms with Gasteiger partial charge in [-0.05, 0) is 38.0 Å². The molecule has 10 heteroatoms. The molecule has 1 atom stereocenters. The van der Waals surface area contributed by atoms with Crippen LogP contribution in [0.5, 0.6) is 0 Å². The van der Waals surface area contributed by atoms with E-state index in [4.69, 9.17) is 9.26 Å². The Morgan fingerprint density at radius 1 is 1.23 bits per heavy atom. The highest BCUT2D eigenvalue weighted by Crippen LogP contribution is 2.17. The predicted octanol–water partition coefficient (Wildman–Crippen LogP) is 1.40. The predicted molar refractivity (Wildman–Crippen MR) is 113 cm³/mol. The first-order valence-electron chi connectivity index (χ1n) is 10.6. The molecule has 1 aromatic carbocycles. The number of benzene rings is 1. The second-order valence-electron chi connectivity index (χ2n) is 8.02. The number of nitrogens with one attached hydrogen (secondary N) is 1. The molecule has 0 aliphatic carbocycles. The summed E-state index contributed by atoms with van der Waals surface area (Å²) in [5.74, 6) is 0.650.